The van der Waals surface area contributed by atoms with Crippen molar-refractivity contribution in [2.45, 2.75) is 6.42 Å². The Morgan fingerprint density at radius 3 is 2.79 bits per heavy atom. The van der Waals surface area contributed by atoms with E-state index in [2.05, 4.69) is 15.2 Å². The average Bonchev–Trinajstić information content (AvgIpc) is 3.19. The van der Waals surface area contributed by atoms with Gasteiger partial charge in [0.2, 0.25) is 11.0 Å². The predicted octanol–water partition coefficient (Wildman–Crippen LogP) is 3.56. The van der Waals surface area contributed by atoms with Crippen molar-refractivity contribution in [3.63, 3.8) is 0 Å². The van der Waals surface area contributed by atoms with Gasteiger partial charge in [0, 0.05) is 12.5 Å². The fourth-order valence-electron chi connectivity index (χ4n) is 2.08. The maximum Gasteiger partial charge on any atom is 0.226 e. The van der Waals surface area contributed by atoms with Gasteiger partial charge in [-0.1, -0.05) is 12.1 Å². The molecule has 0 aliphatic carbocycles. The molecule has 0 amide bonds. The number of allylic oxidation sites excluding steroid dienone is 1. The Hall–Kier alpha value is -2.93. The van der Waals surface area contributed by atoms with E-state index in [0.717, 1.165) is 11.6 Å². The van der Waals surface area contributed by atoms with Crippen LogP contribution in [0, 0.1) is 5.82 Å². The SMILES string of the molecule is O=C(C=C(O)c1cc(Cc2ccc(F)cc2)oc1Cl)c1ncn[nH]1. The zero-order chi connectivity index (χ0) is 17.1. The quantitative estimate of drug-likeness (QED) is 0.418. The van der Waals surface area contributed by atoms with Gasteiger partial charge in [0.05, 0.1) is 5.56 Å². The lowest BCUT2D eigenvalue weighted by atomic mass is 10.1. The summed E-state index contributed by atoms with van der Waals surface area (Å²) >= 11 is 5.97. The van der Waals surface area contributed by atoms with Crippen LogP contribution >= 0.6 is 11.6 Å². The minimum absolute atomic E-state index is 0.00676. The van der Waals surface area contributed by atoms with Crippen LogP contribution in [0.1, 0.15) is 27.5 Å². The molecule has 0 aliphatic heterocycles. The van der Waals surface area contributed by atoms with Crippen molar-refractivity contribution in [3.05, 3.63) is 76.5 Å². The number of halogens is 2. The van der Waals surface area contributed by atoms with Gasteiger partial charge in [-0.05, 0) is 35.4 Å². The third kappa shape index (κ3) is 3.52. The maximum atomic E-state index is 12.9. The van der Waals surface area contributed by atoms with E-state index < -0.39 is 5.78 Å². The third-order valence-electron chi connectivity index (χ3n) is 3.22. The van der Waals surface area contributed by atoms with E-state index in [9.17, 15) is 14.3 Å². The van der Waals surface area contributed by atoms with E-state index in [1.807, 2.05) is 0 Å². The Bertz CT molecular complexity index is 886. The van der Waals surface area contributed by atoms with E-state index in [-0.39, 0.29) is 28.2 Å². The predicted molar refractivity (Wildman–Crippen MR) is 84.2 cm³/mol. The molecule has 0 spiro atoms. The van der Waals surface area contributed by atoms with E-state index in [1.54, 1.807) is 12.1 Å². The van der Waals surface area contributed by atoms with Crippen molar-refractivity contribution in [2.24, 2.45) is 0 Å². The summed E-state index contributed by atoms with van der Waals surface area (Å²) in [7, 11) is 0. The lowest BCUT2D eigenvalue weighted by Crippen LogP contribution is -1.99. The standard InChI is InChI=1S/C16H11ClFN3O3/c17-15-12(13(22)7-14(23)16-19-8-20-21-16)6-11(24-15)5-9-1-3-10(18)4-2-9/h1-4,6-8,22H,5H2,(H,19,20,21). The molecule has 0 aliphatic rings. The second-order valence-corrected chi connectivity index (χ2v) is 5.27. The highest BCUT2D eigenvalue weighted by atomic mass is 35.5. The van der Waals surface area contributed by atoms with Gasteiger partial charge in [-0.25, -0.2) is 9.37 Å². The van der Waals surface area contributed by atoms with Gasteiger partial charge >= 0.3 is 0 Å². The van der Waals surface area contributed by atoms with Crippen molar-refractivity contribution in [3.8, 4) is 0 Å². The van der Waals surface area contributed by atoms with Gasteiger partial charge in [-0.15, -0.1) is 0 Å². The van der Waals surface area contributed by atoms with Crippen LogP contribution in [0.25, 0.3) is 5.76 Å². The van der Waals surface area contributed by atoms with Crippen LogP contribution < -0.4 is 0 Å². The molecule has 2 aromatic heterocycles. The lowest BCUT2D eigenvalue weighted by molar-refractivity contribution is 0.103. The lowest BCUT2D eigenvalue weighted by Gasteiger charge is -1.97. The number of aromatic nitrogens is 3. The highest BCUT2D eigenvalue weighted by Crippen LogP contribution is 2.28. The Morgan fingerprint density at radius 2 is 2.12 bits per heavy atom. The number of aliphatic hydroxyl groups is 1. The summed E-state index contributed by atoms with van der Waals surface area (Å²) in [5.74, 6) is -0.775. The van der Waals surface area contributed by atoms with Crippen LogP contribution in [0.5, 0.6) is 0 Å². The number of aliphatic hydroxyl groups excluding tert-OH is 1. The number of nitrogens with one attached hydrogen (secondary N) is 1. The number of carbonyl (C=O) groups excluding carboxylic acids is 1. The van der Waals surface area contributed by atoms with E-state index >= 15 is 0 Å². The van der Waals surface area contributed by atoms with E-state index in [0.29, 0.717) is 12.2 Å². The number of rotatable bonds is 5. The molecule has 0 atom stereocenters. The number of benzene rings is 1. The Morgan fingerprint density at radius 1 is 1.38 bits per heavy atom. The van der Waals surface area contributed by atoms with Gasteiger partial charge < -0.3 is 9.52 Å². The summed E-state index contributed by atoms with van der Waals surface area (Å²) in [5.41, 5.74) is 0.996. The van der Waals surface area contributed by atoms with Crippen molar-refractivity contribution in [2.75, 3.05) is 0 Å². The Labute approximate surface area is 140 Å². The maximum absolute atomic E-state index is 12.9. The first-order valence-corrected chi connectivity index (χ1v) is 7.24. The first-order chi connectivity index (χ1) is 11.5. The molecule has 3 rings (SSSR count). The van der Waals surface area contributed by atoms with Gasteiger partial charge in [0.15, 0.2) is 5.82 Å². The Balaban J connectivity index is 1.80. The summed E-state index contributed by atoms with van der Waals surface area (Å²) in [6.07, 6.45) is 2.52. The van der Waals surface area contributed by atoms with Gasteiger partial charge in [0.1, 0.15) is 23.7 Å². The van der Waals surface area contributed by atoms with Crippen LogP contribution in [0.3, 0.4) is 0 Å². The molecule has 3 aromatic rings. The third-order valence-corrected chi connectivity index (χ3v) is 3.50. The molecule has 2 N–H and O–H groups in total. The van der Waals surface area contributed by atoms with Gasteiger partial charge in [0.25, 0.3) is 0 Å². The number of hydrogen-bond acceptors (Lipinski definition) is 5. The zero-order valence-electron chi connectivity index (χ0n) is 12.2. The van der Waals surface area contributed by atoms with Crippen molar-refractivity contribution < 1.29 is 18.7 Å². The monoisotopic (exact) mass is 347 g/mol. The number of ketones is 1. The number of furan rings is 1. The highest BCUT2D eigenvalue weighted by Gasteiger charge is 2.16. The topological polar surface area (TPSA) is 92.0 Å². The number of carbonyl (C=O) groups is 1. The molecular weight excluding hydrogens is 337 g/mol. The molecule has 6 nitrogen and oxygen atoms in total. The molecule has 2 heterocycles. The average molecular weight is 348 g/mol. The van der Waals surface area contributed by atoms with Crippen LogP contribution in [0.15, 0.2) is 47.2 Å². The molecule has 8 heteroatoms. The molecule has 0 fully saturated rings. The van der Waals surface area contributed by atoms with Gasteiger partial charge in [-0.2, -0.15) is 5.10 Å². The van der Waals surface area contributed by atoms with Crippen LogP contribution in [0.4, 0.5) is 4.39 Å². The molecule has 1 aromatic carbocycles. The number of nitrogens with zero attached hydrogens (tertiary/aromatic N) is 2. The normalized spacial score (nSPS) is 11.7. The molecular formula is C16H11ClFN3O3. The number of hydrogen-bond donors (Lipinski definition) is 2. The summed E-state index contributed by atoms with van der Waals surface area (Å²) < 4.78 is 18.3. The van der Waals surface area contributed by atoms with Crippen LogP contribution in [0.2, 0.25) is 5.22 Å². The minimum Gasteiger partial charge on any atom is -0.507 e. The second kappa shape index (κ2) is 6.67. The first kappa shape index (κ1) is 15.9. The summed E-state index contributed by atoms with van der Waals surface area (Å²) in [4.78, 5) is 15.5. The number of H-pyrrole nitrogens is 1. The van der Waals surface area contributed by atoms with Crippen molar-refractivity contribution in [1.29, 1.82) is 0 Å². The molecule has 122 valence electrons. The van der Waals surface area contributed by atoms with Crippen molar-refractivity contribution >= 4 is 23.1 Å². The zero-order valence-corrected chi connectivity index (χ0v) is 12.9. The van der Waals surface area contributed by atoms with E-state index in [4.69, 9.17) is 16.0 Å². The minimum atomic E-state index is -0.553. The summed E-state index contributed by atoms with van der Waals surface area (Å²) in [5, 5.41) is 16.0. The van der Waals surface area contributed by atoms with Crippen molar-refractivity contribution in [1.82, 2.24) is 15.2 Å². The first-order valence-electron chi connectivity index (χ1n) is 6.86. The molecule has 0 radical (unpaired) electrons. The van der Waals surface area contributed by atoms with Crippen LogP contribution in [-0.4, -0.2) is 26.1 Å². The molecule has 0 saturated carbocycles. The summed E-state index contributed by atoms with van der Waals surface area (Å²) in [6.45, 7) is 0. The van der Waals surface area contributed by atoms with Gasteiger partial charge in [-0.3, -0.25) is 9.89 Å². The molecule has 0 bridgehead atoms. The second-order valence-electron chi connectivity index (χ2n) is 4.93. The fourth-order valence-corrected chi connectivity index (χ4v) is 2.33. The smallest absolute Gasteiger partial charge is 0.226 e. The molecule has 0 unspecified atom stereocenters. The number of aromatic amines is 1. The van der Waals surface area contributed by atoms with Crippen LogP contribution in [-0.2, 0) is 6.42 Å². The Kier molecular flexibility index (Phi) is 4.43. The fraction of sp³-hybridized carbons (Fsp3) is 0.0625. The largest absolute Gasteiger partial charge is 0.507 e. The highest BCUT2D eigenvalue weighted by molar-refractivity contribution is 6.30. The molecule has 0 saturated heterocycles. The summed E-state index contributed by atoms with van der Waals surface area (Å²) in [6, 6.07) is 7.44. The van der Waals surface area contributed by atoms with E-state index in [1.165, 1.54) is 24.5 Å². The molecule has 24 heavy (non-hydrogen) atoms.